The van der Waals surface area contributed by atoms with Gasteiger partial charge in [-0.2, -0.15) is 17.9 Å². The number of halogens is 5. The molecule has 0 saturated heterocycles. The van der Waals surface area contributed by atoms with Crippen LogP contribution in [0.3, 0.4) is 0 Å². The molecule has 2 rings (SSSR count). The van der Waals surface area contributed by atoms with Crippen molar-refractivity contribution in [1.29, 1.82) is 0 Å². The Labute approximate surface area is 118 Å². The summed E-state index contributed by atoms with van der Waals surface area (Å²) in [5, 5.41) is 2.38. The van der Waals surface area contributed by atoms with Gasteiger partial charge >= 0.3 is 6.18 Å². The fraction of sp³-hybridized carbons (Fsp3) is 0.200. The van der Waals surface area contributed by atoms with Crippen molar-refractivity contribution in [3.8, 4) is 5.82 Å². The third-order valence-corrected chi connectivity index (χ3v) is 3.57. The second-order valence-corrected chi connectivity index (χ2v) is 4.92. The number of aryl methyl sites for hydroxylation is 1. The van der Waals surface area contributed by atoms with Crippen molar-refractivity contribution in [1.82, 2.24) is 14.8 Å². The van der Waals surface area contributed by atoms with E-state index in [9.17, 15) is 18.0 Å². The second kappa shape index (κ2) is 4.68. The van der Waals surface area contributed by atoms with Crippen LogP contribution in [0.5, 0.6) is 0 Å². The Kier molecular flexibility index (Phi) is 3.48. The summed E-state index contributed by atoms with van der Waals surface area (Å²) in [5.41, 5.74) is -0.939. The SMILES string of the molecule is Cc1[nH]n(-c2ncc(C(F)(F)F)cc2Cl)c(=O)c1Br. The lowest BCUT2D eigenvalue weighted by Crippen LogP contribution is -2.17. The van der Waals surface area contributed by atoms with Gasteiger partial charge in [-0.05, 0) is 28.9 Å². The zero-order valence-electron chi connectivity index (χ0n) is 9.35. The van der Waals surface area contributed by atoms with Crippen molar-refractivity contribution in [2.24, 2.45) is 0 Å². The molecule has 2 heterocycles. The van der Waals surface area contributed by atoms with E-state index < -0.39 is 17.3 Å². The number of nitrogens with one attached hydrogen (secondary N) is 1. The minimum absolute atomic E-state index is 0.0894. The van der Waals surface area contributed by atoms with Gasteiger partial charge in [-0.15, -0.1) is 0 Å². The molecular formula is C10H6BrClF3N3O. The predicted octanol–water partition coefficient (Wildman–Crippen LogP) is 3.30. The summed E-state index contributed by atoms with van der Waals surface area (Å²) in [6.07, 6.45) is -3.91. The van der Waals surface area contributed by atoms with Gasteiger partial charge in [-0.25, -0.2) is 4.98 Å². The van der Waals surface area contributed by atoms with Gasteiger partial charge in [0.2, 0.25) is 0 Å². The van der Waals surface area contributed by atoms with Gasteiger partial charge in [0.25, 0.3) is 5.56 Å². The molecule has 0 aliphatic rings. The quantitative estimate of drug-likeness (QED) is 0.852. The van der Waals surface area contributed by atoms with E-state index >= 15 is 0 Å². The van der Waals surface area contributed by atoms with Gasteiger partial charge in [-0.3, -0.25) is 9.89 Å². The maximum Gasteiger partial charge on any atom is 0.417 e. The highest BCUT2D eigenvalue weighted by atomic mass is 79.9. The van der Waals surface area contributed by atoms with Gasteiger partial charge in [0, 0.05) is 11.9 Å². The summed E-state index contributed by atoms with van der Waals surface area (Å²) in [6.45, 7) is 1.62. The molecule has 0 radical (unpaired) electrons. The topological polar surface area (TPSA) is 50.7 Å². The molecule has 0 atom stereocenters. The summed E-state index contributed by atoms with van der Waals surface area (Å²) < 4.78 is 38.6. The van der Waals surface area contributed by atoms with Crippen molar-refractivity contribution in [3.63, 3.8) is 0 Å². The zero-order valence-corrected chi connectivity index (χ0v) is 11.7. The smallest absolute Gasteiger partial charge is 0.293 e. The fourth-order valence-corrected chi connectivity index (χ4v) is 1.94. The Balaban J connectivity index is 2.59. The van der Waals surface area contributed by atoms with Crippen molar-refractivity contribution < 1.29 is 13.2 Å². The van der Waals surface area contributed by atoms with Crippen LogP contribution in [0.25, 0.3) is 5.82 Å². The average Bonchev–Trinajstić information content (AvgIpc) is 2.56. The number of nitrogens with zero attached hydrogens (tertiary/aromatic N) is 2. The molecule has 0 fully saturated rings. The number of aromatic nitrogens is 3. The summed E-state index contributed by atoms with van der Waals surface area (Å²) in [7, 11) is 0. The summed E-state index contributed by atoms with van der Waals surface area (Å²) in [6, 6.07) is 0.723. The molecule has 0 aliphatic heterocycles. The molecule has 0 spiro atoms. The molecule has 0 bridgehead atoms. The van der Waals surface area contributed by atoms with E-state index in [1.807, 2.05) is 0 Å². The molecule has 2 aromatic rings. The highest BCUT2D eigenvalue weighted by molar-refractivity contribution is 9.10. The third kappa shape index (κ3) is 2.55. The standard InChI is InChI=1S/C10H6BrClF3N3O/c1-4-7(11)9(19)18(17-4)8-6(12)2-5(3-16-8)10(13,14)15/h2-3,17H,1H3. The highest BCUT2D eigenvalue weighted by Crippen LogP contribution is 2.31. The van der Waals surface area contributed by atoms with Crippen LogP contribution >= 0.6 is 27.5 Å². The van der Waals surface area contributed by atoms with Crippen LogP contribution in [-0.2, 0) is 6.18 Å². The van der Waals surface area contributed by atoms with Crippen LogP contribution < -0.4 is 5.56 Å². The summed E-state index contributed by atoms with van der Waals surface area (Å²) in [5.74, 6) is -0.0894. The molecule has 0 aromatic carbocycles. The molecule has 0 unspecified atom stereocenters. The average molecular weight is 357 g/mol. The molecule has 0 amide bonds. The van der Waals surface area contributed by atoms with Gasteiger partial charge < -0.3 is 0 Å². The third-order valence-electron chi connectivity index (χ3n) is 2.36. The Bertz CT molecular complexity index is 692. The lowest BCUT2D eigenvalue weighted by molar-refractivity contribution is -0.137. The highest BCUT2D eigenvalue weighted by Gasteiger charge is 2.32. The number of alkyl halides is 3. The van der Waals surface area contributed by atoms with E-state index in [1.165, 1.54) is 0 Å². The van der Waals surface area contributed by atoms with Gasteiger partial charge in [-0.1, -0.05) is 11.6 Å². The summed E-state index contributed by atoms with van der Waals surface area (Å²) >= 11 is 8.80. The van der Waals surface area contributed by atoms with Crippen LogP contribution in [-0.4, -0.2) is 14.8 Å². The lowest BCUT2D eigenvalue weighted by atomic mass is 10.3. The maximum atomic E-state index is 12.5. The van der Waals surface area contributed by atoms with Crippen molar-refractivity contribution in [2.45, 2.75) is 13.1 Å². The van der Waals surface area contributed by atoms with E-state index in [-0.39, 0.29) is 15.3 Å². The molecule has 2 aromatic heterocycles. The molecule has 9 heteroatoms. The van der Waals surface area contributed by atoms with E-state index in [4.69, 9.17) is 11.6 Å². The predicted molar refractivity (Wildman–Crippen MR) is 66.6 cm³/mol. The van der Waals surface area contributed by atoms with Crippen molar-refractivity contribution in [3.05, 3.63) is 43.4 Å². The van der Waals surface area contributed by atoms with Crippen LogP contribution in [0.2, 0.25) is 5.02 Å². The normalized spacial score (nSPS) is 11.9. The maximum absolute atomic E-state index is 12.5. The number of hydrogen-bond acceptors (Lipinski definition) is 2. The largest absolute Gasteiger partial charge is 0.417 e. The molecule has 0 aliphatic carbocycles. The minimum Gasteiger partial charge on any atom is -0.293 e. The van der Waals surface area contributed by atoms with Gasteiger partial charge in [0.05, 0.1) is 10.6 Å². The van der Waals surface area contributed by atoms with Crippen LogP contribution in [0.1, 0.15) is 11.3 Å². The molecular weight excluding hydrogens is 350 g/mol. The minimum atomic E-state index is -4.54. The first kappa shape index (κ1) is 14.1. The first-order valence-corrected chi connectivity index (χ1v) is 6.09. The number of rotatable bonds is 1. The van der Waals surface area contributed by atoms with E-state index in [1.54, 1.807) is 6.92 Å². The van der Waals surface area contributed by atoms with Crippen molar-refractivity contribution >= 4 is 27.5 Å². The second-order valence-electron chi connectivity index (χ2n) is 3.72. The van der Waals surface area contributed by atoms with Crippen molar-refractivity contribution in [2.75, 3.05) is 0 Å². The van der Waals surface area contributed by atoms with Gasteiger partial charge in [0.1, 0.15) is 4.47 Å². The van der Waals surface area contributed by atoms with E-state index in [0.717, 1.165) is 10.7 Å². The fourth-order valence-electron chi connectivity index (χ4n) is 1.43. The number of pyridine rings is 1. The summed E-state index contributed by atoms with van der Waals surface area (Å²) in [4.78, 5) is 15.4. The first-order valence-electron chi connectivity index (χ1n) is 4.92. The molecule has 1 N–H and O–H groups in total. The number of H-pyrrole nitrogens is 1. The molecule has 4 nitrogen and oxygen atoms in total. The Morgan fingerprint density at radius 3 is 2.53 bits per heavy atom. The lowest BCUT2D eigenvalue weighted by Gasteiger charge is -2.08. The number of hydrogen-bond donors (Lipinski definition) is 1. The van der Waals surface area contributed by atoms with E-state index in [0.29, 0.717) is 11.9 Å². The van der Waals surface area contributed by atoms with E-state index in [2.05, 4.69) is 26.0 Å². The first-order chi connectivity index (χ1) is 8.71. The zero-order chi connectivity index (χ0) is 14.4. The monoisotopic (exact) mass is 355 g/mol. The number of aromatic amines is 1. The molecule has 19 heavy (non-hydrogen) atoms. The molecule has 0 saturated carbocycles. The molecule has 102 valence electrons. The van der Waals surface area contributed by atoms with Crippen LogP contribution in [0, 0.1) is 6.92 Å². The Hall–Kier alpha value is -1.28. The van der Waals surface area contributed by atoms with Crippen LogP contribution in [0.4, 0.5) is 13.2 Å². The van der Waals surface area contributed by atoms with Gasteiger partial charge in [0.15, 0.2) is 5.82 Å². The Morgan fingerprint density at radius 1 is 1.47 bits per heavy atom. The van der Waals surface area contributed by atoms with Crippen LogP contribution in [0.15, 0.2) is 21.5 Å². The Morgan fingerprint density at radius 2 is 2.11 bits per heavy atom.